The molecule has 0 amide bonds. The number of hydrogen-bond acceptors (Lipinski definition) is 5. The molecule has 2 bridgehead atoms. The Bertz CT molecular complexity index is 1360. The van der Waals surface area contributed by atoms with Crippen molar-refractivity contribution in [3.63, 3.8) is 0 Å². The SMILES string of the molecule is C.O[C@H](COc1cccc2ncccc12)CN1C[C@@H]2C/C=C\C[C@H]1CN2c1ccc2ccccc2c1.S.S.S. The molecule has 39 heavy (non-hydrogen) atoms. The number of nitrogens with zero attached hydrogens (tertiary/aromatic N) is 3. The normalized spacial score (nSPS) is 19.9. The molecule has 7 rings (SSSR count). The fourth-order valence-corrected chi connectivity index (χ4v) is 5.55. The maximum atomic E-state index is 10.9. The van der Waals surface area contributed by atoms with Crippen LogP contribution in [-0.2, 0) is 0 Å². The van der Waals surface area contributed by atoms with Crippen LogP contribution >= 0.6 is 40.5 Å². The lowest BCUT2D eigenvalue weighted by Gasteiger charge is -2.48. The first-order valence-electron chi connectivity index (χ1n) is 12.5. The van der Waals surface area contributed by atoms with Gasteiger partial charge in [0.2, 0.25) is 0 Å². The van der Waals surface area contributed by atoms with E-state index in [9.17, 15) is 5.11 Å². The van der Waals surface area contributed by atoms with E-state index in [0.717, 1.165) is 42.6 Å². The molecule has 3 atom stereocenters. The summed E-state index contributed by atoms with van der Waals surface area (Å²) in [7, 11) is 0. The van der Waals surface area contributed by atoms with Crippen molar-refractivity contribution in [3.8, 4) is 5.75 Å². The molecule has 0 radical (unpaired) electrons. The van der Waals surface area contributed by atoms with Crippen LogP contribution in [0.1, 0.15) is 20.3 Å². The predicted molar refractivity (Wildman–Crippen MR) is 180 cm³/mol. The lowest BCUT2D eigenvalue weighted by atomic mass is 9.96. The van der Waals surface area contributed by atoms with Crippen LogP contribution in [0.25, 0.3) is 21.7 Å². The van der Waals surface area contributed by atoms with Crippen molar-refractivity contribution in [2.45, 2.75) is 38.5 Å². The molecule has 0 saturated carbocycles. The monoisotopic (exact) mass is 583 g/mol. The summed E-state index contributed by atoms with van der Waals surface area (Å²) in [6.07, 6.45) is 7.89. The molecule has 5 nitrogen and oxygen atoms in total. The average molecular weight is 584 g/mol. The van der Waals surface area contributed by atoms with E-state index in [2.05, 4.69) is 69.4 Å². The Labute approximate surface area is 253 Å². The molecule has 4 heterocycles. The summed E-state index contributed by atoms with van der Waals surface area (Å²) < 4.78 is 6.05. The van der Waals surface area contributed by atoms with E-state index >= 15 is 0 Å². The standard InChI is InChI=1S/C30H31N3O2.CH4.3H2S/c34-27(21-35-30-13-5-12-29-28(30)11-6-16-31-29)20-32-18-26-10-4-3-9-25(32)19-33(26)24-15-14-22-7-1-2-8-23(22)17-24;;;;/h1-8,11-17,25-27,34H,9-10,18-21H2;1H4;3*1H2/b4-3-;;;;/t25-,26-,27-;;;;/m0..../s1. The summed E-state index contributed by atoms with van der Waals surface area (Å²) in [5.74, 6) is 0.772. The molecule has 3 aliphatic heterocycles. The third kappa shape index (κ3) is 7.24. The maximum Gasteiger partial charge on any atom is 0.128 e. The number of fused-ring (bicyclic) bond motifs is 6. The Balaban J connectivity index is 0.00000133. The number of rotatable bonds is 6. The number of hydrogen-bond donors (Lipinski definition) is 1. The third-order valence-corrected chi connectivity index (χ3v) is 7.34. The Kier molecular flexibility index (Phi) is 12.5. The van der Waals surface area contributed by atoms with Gasteiger partial charge >= 0.3 is 0 Å². The molecule has 210 valence electrons. The average Bonchev–Trinajstić information content (AvgIpc) is 2.88. The van der Waals surface area contributed by atoms with Gasteiger partial charge in [-0.25, -0.2) is 0 Å². The van der Waals surface area contributed by atoms with Crippen molar-refractivity contribution in [2.75, 3.05) is 31.1 Å². The van der Waals surface area contributed by atoms with Crippen molar-refractivity contribution in [1.29, 1.82) is 0 Å². The molecule has 3 aromatic carbocycles. The number of benzene rings is 3. The highest BCUT2D eigenvalue weighted by atomic mass is 32.1. The van der Waals surface area contributed by atoms with Crippen molar-refractivity contribution in [1.82, 2.24) is 9.88 Å². The van der Waals surface area contributed by atoms with Crippen molar-refractivity contribution in [3.05, 3.63) is 91.1 Å². The zero-order valence-corrected chi connectivity index (χ0v) is 24.3. The second-order valence-electron chi connectivity index (χ2n) is 9.68. The van der Waals surface area contributed by atoms with Gasteiger partial charge < -0.3 is 14.7 Å². The molecule has 0 unspecified atom stereocenters. The van der Waals surface area contributed by atoms with Crippen LogP contribution in [0.4, 0.5) is 5.69 Å². The zero-order chi connectivity index (χ0) is 23.6. The Morgan fingerprint density at radius 3 is 2.44 bits per heavy atom. The van der Waals surface area contributed by atoms with Crippen LogP contribution in [0.15, 0.2) is 91.1 Å². The van der Waals surface area contributed by atoms with Crippen LogP contribution in [0.3, 0.4) is 0 Å². The number of aromatic nitrogens is 1. The largest absolute Gasteiger partial charge is 0.490 e. The fraction of sp³-hybridized carbons (Fsp3) is 0.323. The van der Waals surface area contributed by atoms with Gasteiger partial charge in [-0.3, -0.25) is 9.88 Å². The van der Waals surface area contributed by atoms with E-state index in [0.29, 0.717) is 18.6 Å². The molecule has 1 aromatic heterocycles. The lowest BCUT2D eigenvalue weighted by molar-refractivity contribution is 0.0409. The topological polar surface area (TPSA) is 48.8 Å². The minimum absolute atomic E-state index is 0. The number of ether oxygens (including phenoxy) is 1. The molecule has 1 N–H and O–H groups in total. The van der Waals surface area contributed by atoms with Gasteiger partial charge in [0.05, 0.1) is 5.52 Å². The molecule has 4 aromatic rings. The van der Waals surface area contributed by atoms with E-state index in [4.69, 9.17) is 4.74 Å². The van der Waals surface area contributed by atoms with E-state index < -0.39 is 6.10 Å². The second kappa shape index (κ2) is 14.9. The maximum absolute atomic E-state index is 10.9. The van der Waals surface area contributed by atoms with Crippen molar-refractivity contribution in [2.24, 2.45) is 0 Å². The minimum atomic E-state index is -0.555. The summed E-state index contributed by atoms with van der Waals surface area (Å²) in [5.41, 5.74) is 2.20. The zero-order valence-electron chi connectivity index (χ0n) is 21.3. The molecular formula is C31H41N3O2S3. The van der Waals surface area contributed by atoms with Crippen LogP contribution in [-0.4, -0.2) is 59.4 Å². The van der Waals surface area contributed by atoms with E-state index in [-0.39, 0.29) is 54.5 Å². The van der Waals surface area contributed by atoms with E-state index in [1.54, 1.807) is 6.20 Å². The molecule has 0 spiro atoms. The lowest BCUT2D eigenvalue weighted by Crippen LogP contribution is -2.60. The van der Waals surface area contributed by atoms with Gasteiger partial charge in [0.15, 0.2) is 0 Å². The highest BCUT2D eigenvalue weighted by molar-refractivity contribution is 7.59. The highest BCUT2D eigenvalue weighted by Crippen LogP contribution is 2.31. The third-order valence-electron chi connectivity index (χ3n) is 7.34. The number of anilines is 1. The molecule has 1 fully saturated rings. The predicted octanol–water partition coefficient (Wildman–Crippen LogP) is 6.01. The summed E-state index contributed by atoms with van der Waals surface area (Å²) in [5, 5.41) is 14.4. The summed E-state index contributed by atoms with van der Waals surface area (Å²) in [6, 6.07) is 25.9. The van der Waals surface area contributed by atoms with E-state index in [1.165, 1.54) is 16.5 Å². The van der Waals surface area contributed by atoms with Gasteiger partial charge in [-0.1, -0.05) is 56.0 Å². The van der Waals surface area contributed by atoms with Crippen molar-refractivity contribution >= 4 is 67.8 Å². The Morgan fingerprint density at radius 1 is 0.846 bits per heavy atom. The first kappa shape index (κ1) is 32.8. The van der Waals surface area contributed by atoms with Gasteiger partial charge in [0.25, 0.3) is 0 Å². The quantitative estimate of drug-likeness (QED) is 0.282. The number of piperazine rings is 1. The molecule has 1 saturated heterocycles. The van der Waals surface area contributed by atoms with Crippen LogP contribution in [0.2, 0.25) is 0 Å². The van der Waals surface area contributed by atoms with Crippen LogP contribution < -0.4 is 9.64 Å². The first-order valence-corrected chi connectivity index (χ1v) is 12.5. The van der Waals surface area contributed by atoms with Crippen molar-refractivity contribution < 1.29 is 9.84 Å². The van der Waals surface area contributed by atoms with Gasteiger partial charge in [-0.15, -0.1) is 0 Å². The van der Waals surface area contributed by atoms with Crippen LogP contribution in [0.5, 0.6) is 5.75 Å². The van der Waals surface area contributed by atoms with Gasteiger partial charge in [0.1, 0.15) is 18.5 Å². The summed E-state index contributed by atoms with van der Waals surface area (Å²) in [4.78, 5) is 9.43. The number of aliphatic hydroxyl groups excluding tert-OH is 1. The number of pyridine rings is 1. The van der Waals surface area contributed by atoms with E-state index in [1.807, 2.05) is 30.3 Å². The second-order valence-corrected chi connectivity index (χ2v) is 9.68. The smallest absolute Gasteiger partial charge is 0.128 e. The molecule has 8 heteroatoms. The number of aliphatic hydroxyl groups is 1. The molecule has 0 aliphatic carbocycles. The van der Waals surface area contributed by atoms with Gasteiger partial charge in [-0.2, -0.15) is 40.5 Å². The first-order chi connectivity index (χ1) is 17.2. The highest BCUT2D eigenvalue weighted by Gasteiger charge is 2.35. The Morgan fingerprint density at radius 2 is 1.62 bits per heavy atom. The van der Waals surface area contributed by atoms with Gasteiger partial charge in [0, 0.05) is 49.0 Å². The molecule has 3 aliphatic rings. The fourth-order valence-electron chi connectivity index (χ4n) is 5.55. The minimum Gasteiger partial charge on any atom is -0.490 e. The summed E-state index contributed by atoms with van der Waals surface area (Å²) >= 11 is 0. The Hall–Kier alpha value is -2.36. The molecular weight excluding hydrogens is 543 g/mol. The summed E-state index contributed by atoms with van der Waals surface area (Å²) in [6.45, 7) is 2.79. The van der Waals surface area contributed by atoms with Gasteiger partial charge in [-0.05, 0) is 60.0 Å². The van der Waals surface area contributed by atoms with Crippen LogP contribution in [0, 0.1) is 0 Å².